The summed E-state index contributed by atoms with van der Waals surface area (Å²) in [6, 6.07) is 12.4. The number of nitrogens with zero attached hydrogens (tertiary/aromatic N) is 3. The molecule has 1 saturated heterocycles. The zero-order chi connectivity index (χ0) is 19.1. The van der Waals surface area contributed by atoms with Crippen LogP contribution in [0.3, 0.4) is 0 Å². The van der Waals surface area contributed by atoms with Crippen LogP contribution in [0.1, 0.15) is 11.1 Å². The van der Waals surface area contributed by atoms with Gasteiger partial charge in [0, 0.05) is 48.8 Å². The Morgan fingerprint density at radius 1 is 1.13 bits per heavy atom. The Hall–Kier alpha value is -1.71. The minimum atomic E-state index is 0. The van der Waals surface area contributed by atoms with E-state index < -0.39 is 0 Å². The van der Waals surface area contributed by atoms with E-state index in [0.717, 1.165) is 66.8 Å². The third kappa shape index (κ3) is 4.48. The topological polar surface area (TPSA) is 80.0 Å². The molecule has 2 aromatic carbocycles. The number of carbonyl (C=O) groups excluding carboxylic acids is 1. The lowest BCUT2D eigenvalue weighted by Gasteiger charge is -2.35. The van der Waals surface area contributed by atoms with Gasteiger partial charge in [0.1, 0.15) is 5.82 Å². The van der Waals surface area contributed by atoms with Gasteiger partial charge in [-0.3, -0.25) is 9.69 Å². The second kappa shape index (κ2) is 9.62. The molecule has 1 aromatic heterocycles. The molecule has 2 aliphatic heterocycles. The van der Waals surface area contributed by atoms with Crippen LogP contribution in [0, 0.1) is 0 Å². The zero-order valence-corrected chi connectivity index (χ0v) is 19.6. The first-order valence-electron chi connectivity index (χ1n) is 9.60. The quantitative estimate of drug-likeness (QED) is 0.581. The molecule has 1 fully saturated rings. The van der Waals surface area contributed by atoms with E-state index in [1.807, 2.05) is 6.07 Å². The summed E-state index contributed by atoms with van der Waals surface area (Å²) in [4.78, 5) is 16.4. The van der Waals surface area contributed by atoms with Crippen molar-refractivity contribution >= 4 is 67.6 Å². The molecule has 30 heavy (non-hydrogen) atoms. The Kier molecular flexibility index (Phi) is 7.36. The molecule has 3 aromatic rings. The number of hydrogen-bond donors (Lipinski definition) is 1. The molecule has 0 bridgehead atoms. The number of rotatable bonds is 4. The number of halogens is 2. The van der Waals surface area contributed by atoms with Gasteiger partial charge in [-0.2, -0.15) is 4.37 Å². The van der Waals surface area contributed by atoms with E-state index in [0.29, 0.717) is 6.42 Å². The van der Waals surface area contributed by atoms with Crippen LogP contribution < -0.4 is 10.2 Å². The largest absolute Gasteiger partial charge is 0.412 e. The summed E-state index contributed by atoms with van der Waals surface area (Å²) >= 11 is 8.01. The monoisotopic (exact) mass is 510 g/mol. The molecule has 5 rings (SSSR count). The van der Waals surface area contributed by atoms with E-state index in [1.165, 1.54) is 10.1 Å². The number of nitrogens with one attached hydrogen (secondary N) is 1. The fourth-order valence-corrected chi connectivity index (χ4v) is 5.11. The standard InChI is InChI=1S/C21H21ClN4OS.BrH.H2O/c22-17-13-18-15(12-20(27)23-18)11-14(17)5-6-25-7-9-26(10-8-25)21-16-3-1-2-4-19(16)28-24-21;;/h1-4,11,13H,5-10,12H2,(H,23,27);1H;1H2. The fourth-order valence-electron chi connectivity index (χ4n) is 4.05. The van der Waals surface area contributed by atoms with E-state index in [2.05, 4.69) is 49.8 Å². The third-order valence-corrected chi connectivity index (χ3v) is 6.79. The Morgan fingerprint density at radius 3 is 2.70 bits per heavy atom. The lowest BCUT2D eigenvalue weighted by atomic mass is 10.1. The van der Waals surface area contributed by atoms with Crippen LogP contribution in [0.15, 0.2) is 36.4 Å². The normalized spacial score (nSPS) is 16.0. The number of benzene rings is 2. The van der Waals surface area contributed by atoms with Crippen molar-refractivity contribution in [3.05, 3.63) is 52.5 Å². The molecule has 0 unspecified atom stereocenters. The molecular weight excluding hydrogens is 488 g/mol. The van der Waals surface area contributed by atoms with Crippen molar-refractivity contribution in [2.45, 2.75) is 12.8 Å². The Bertz CT molecular complexity index is 1050. The van der Waals surface area contributed by atoms with Gasteiger partial charge in [-0.25, -0.2) is 0 Å². The lowest BCUT2D eigenvalue weighted by Crippen LogP contribution is -2.47. The van der Waals surface area contributed by atoms with E-state index in [1.54, 1.807) is 11.5 Å². The second-order valence-corrected chi connectivity index (χ2v) is 8.62. The number of amides is 1. The van der Waals surface area contributed by atoms with Crippen LogP contribution in [-0.4, -0.2) is 53.4 Å². The van der Waals surface area contributed by atoms with Crippen molar-refractivity contribution in [3.63, 3.8) is 0 Å². The molecule has 0 saturated carbocycles. The van der Waals surface area contributed by atoms with Crippen molar-refractivity contribution in [2.75, 3.05) is 42.9 Å². The van der Waals surface area contributed by atoms with Crippen molar-refractivity contribution < 1.29 is 10.3 Å². The van der Waals surface area contributed by atoms with Gasteiger partial charge >= 0.3 is 0 Å². The van der Waals surface area contributed by atoms with Gasteiger partial charge in [-0.15, -0.1) is 17.0 Å². The first-order chi connectivity index (χ1) is 13.7. The summed E-state index contributed by atoms with van der Waals surface area (Å²) in [6.45, 7) is 5.00. The molecule has 0 atom stereocenters. The summed E-state index contributed by atoms with van der Waals surface area (Å²) in [5.41, 5.74) is 3.05. The maximum absolute atomic E-state index is 11.6. The van der Waals surface area contributed by atoms with Gasteiger partial charge in [0.05, 0.1) is 11.1 Å². The minimum absolute atomic E-state index is 0. The summed E-state index contributed by atoms with van der Waals surface area (Å²) in [7, 11) is 0. The molecule has 3 N–H and O–H groups in total. The smallest absolute Gasteiger partial charge is 0.228 e. The number of piperazine rings is 1. The van der Waals surface area contributed by atoms with E-state index in [4.69, 9.17) is 11.6 Å². The first-order valence-corrected chi connectivity index (χ1v) is 10.8. The lowest BCUT2D eigenvalue weighted by molar-refractivity contribution is -0.115. The van der Waals surface area contributed by atoms with E-state index in [-0.39, 0.29) is 28.4 Å². The van der Waals surface area contributed by atoms with Crippen LogP contribution in [0.2, 0.25) is 5.02 Å². The van der Waals surface area contributed by atoms with Crippen LogP contribution in [0.25, 0.3) is 10.1 Å². The van der Waals surface area contributed by atoms with Crippen molar-refractivity contribution in [2.24, 2.45) is 0 Å². The summed E-state index contributed by atoms with van der Waals surface area (Å²) < 4.78 is 5.94. The molecule has 2 aliphatic rings. The number of carbonyl (C=O) groups is 1. The summed E-state index contributed by atoms with van der Waals surface area (Å²) in [5, 5.41) is 4.86. The van der Waals surface area contributed by atoms with Gasteiger partial charge in [0.15, 0.2) is 0 Å². The van der Waals surface area contributed by atoms with Gasteiger partial charge in [-0.05, 0) is 47.3 Å². The van der Waals surface area contributed by atoms with Crippen molar-refractivity contribution in [1.82, 2.24) is 9.27 Å². The highest BCUT2D eigenvalue weighted by Gasteiger charge is 2.22. The number of fused-ring (bicyclic) bond motifs is 2. The van der Waals surface area contributed by atoms with Crippen molar-refractivity contribution in [1.29, 1.82) is 0 Å². The maximum Gasteiger partial charge on any atom is 0.228 e. The van der Waals surface area contributed by atoms with Gasteiger partial charge < -0.3 is 15.7 Å². The summed E-state index contributed by atoms with van der Waals surface area (Å²) in [5.74, 6) is 1.17. The predicted molar refractivity (Wildman–Crippen MR) is 130 cm³/mol. The molecule has 1 amide bonds. The average molecular weight is 512 g/mol. The number of hydrogen-bond acceptors (Lipinski definition) is 5. The molecular formula is C21H24BrClN4O2S. The SMILES string of the molecule is Br.O.O=C1Cc2cc(CCN3CCN(c4nsc5ccccc45)CC3)c(Cl)cc2N1. The highest BCUT2D eigenvalue weighted by atomic mass is 79.9. The van der Waals surface area contributed by atoms with Crippen LogP contribution in [0.5, 0.6) is 0 Å². The maximum atomic E-state index is 11.6. The van der Waals surface area contributed by atoms with Crippen molar-refractivity contribution in [3.8, 4) is 0 Å². The highest BCUT2D eigenvalue weighted by molar-refractivity contribution is 8.93. The average Bonchev–Trinajstić information content (AvgIpc) is 3.29. The number of anilines is 2. The van der Waals surface area contributed by atoms with Crippen LogP contribution >= 0.6 is 40.1 Å². The van der Waals surface area contributed by atoms with Crippen LogP contribution in [0.4, 0.5) is 11.5 Å². The first kappa shape index (κ1) is 23.0. The third-order valence-electron chi connectivity index (χ3n) is 5.62. The Labute approximate surface area is 195 Å². The summed E-state index contributed by atoms with van der Waals surface area (Å²) in [6.07, 6.45) is 1.36. The van der Waals surface area contributed by atoms with E-state index in [9.17, 15) is 4.79 Å². The van der Waals surface area contributed by atoms with Crippen LogP contribution in [-0.2, 0) is 17.6 Å². The zero-order valence-electron chi connectivity index (χ0n) is 16.4. The molecule has 0 spiro atoms. The molecule has 9 heteroatoms. The molecule has 3 heterocycles. The van der Waals surface area contributed by atoms with Gasteiger partial charge in [0.2, 0.25) is 5.91 Å². The Morgan fingerprint density at radius 2 is 1.90 bits per heavy atom. The van der Waals surface area contributed by atoms with Gasteiger partial charge in [0.25, 0.3) is 0 Å². The van der Waals surface area contributed by atoms with Gasteiger partial charge in [-0.1, -0.05) is 29.8 Å². The Balaban J connectivity index is 0.00000128. The highest BCUT2D eigenvalue weighted by Crippen LogP contribution is 2.31. The minimum Gasteiger partial charge on any atom is -0.412 e. The second-order valence-electron chi connectivity index (χ2n) is 7.41. The molecule has 0 aliphatic carbocycles. The number of aromatic nitrogens is 1. The fraction of sp³-hybridized carbons (Fsp3) is 0.333. The van der Waals surface area contributed by atoms with E-state index >= 15 is 0 Å². The molecule has 160 valence electrons. The molecule has 0 radical (unpaired) electrons. The molecule has 6 nitrogen and oxygen atoms in total. The predicted octanol–water partition coefficient (Wildman–Crippen LogP) is 3.56.